The highest BCUT2D eigenvalue weighted by molar-refractivity contribution is 6.07. The summed E-state index contributed by atoms with van der Waals surface area (Å²) in [6, 6.07) is 10.4. The van der Waals surface area contributed by atoms with Crippen LogP contribution in [0.4, 0.5) is 4.39 Å². The Balaban J connectivity index is 1.97. The van der Waals surface area contributed by atoms with E-state index in [9.17, 15) is 9.18 Å². The fraction of sp³-hybridized carbons (Fsp3) is 0.200. The van der Waals surface area contributed by atoms with Crippen LogP contribution in [0.5, 0.6) is 5.75 Å². The van der Waals surface area contributed by atoms with E-state index in [0.29, 0.717) is 11.0 Å². The van der Waals surface area contributed by atoms with E-state index in [4.69, 9.17) is 22.3 Å². The van der Waals surface area contributed by atoms with Crippen LogP contribution >= 0.6 is 0 Å². The van der Waals surface area contributed by atoms with Crippen LogP contribution in [0.2, 0.25) is 0 Å². The Morgan fingerprint density at radius 2 is 2.22 bits per heavy atom. The van der Waals surface area contributed by atoms with E-state index in [1.165, 1.54) is 36.4 Å². The summed E-state index contributed by atoms with van der Waals surface area (Å²) in [7, 11) is 0. The highest BCUT2D eigenvalue weighted by Gasteiger charge is 2.21. The minimum atomic E-state index is -2.46. The summed E-state index contributed by atoms with van der Waals surface area (Å²) in [5.41, 5.74) is 0.218. The monoisotopic (exact) mass is 370 g/mol. The standard InChI is InChI=1S/C20H17FN2O4/c1-12-19(20(25)23-14(9-22)10-24)16-8-15(6-7-18(16)27-12)26-11-13-4-2-3-5-17(13)21/h2-8,14,24H,10-11H2,1H3,(H,23,25)/i11D2. The molecule has 1 amide bonds. The quantitative estimate of drug-likeness (QED) is 0.695. The van der Waals surface area contributed by atoms with E-state index in [0.717, 1.165) is 6.07 Å². The number of nitriles is 1. The van der Waals surface area contributed by atoms with Crippen molar-refractivity contribution in [3.63, 3.8) is 0 Å². The third kappa shape index (κ3) is 3.91. The van der Waals surface area contributed by atoms with Gasteiger partial charge < -0.3 is 19.6 Å². The van der Waals surface area contributed by atoms with Crippen LogP contribution in [0, 0.1) is 24.1 Å². The molecule has 2 aromatic carbocycles. The second kappa shape index (κ2) is 7.89. The molecule has 0 aliphatic heterocycles. The number of carbonyl (C=O) groups excluding carboxylic acids is 1. The first kappa shape index (κ1) is 15.9. The highest BCUT2D eigenvalue weighted by Crippen LogP contribution is 2.29. The predicted molar refractivity (Wildman–Crippen MR) is 95.6 cm³/mol. The lowest BCUT2D eigenvalue weighted by Gasteiger charge is -2.09. The number of benzene rings is 2. The number of fused-ring (bicyclic) bond motifs is 1. The fourth-order valence-electron chi connectivity index (χ4n) is 2.55. The summed E-state index contributed by atoms with van der Waals surface area (Å²) in [5.74, 6) is -1.04. The van der Waals surface area contributed by atoms with Gasteiger partial charge in [-0.25, -0.2) is 4.39 Å². The molecule has 0 saturated heterocycles. The lowest BCUT2D eigenvalue weighted by atomic mass is 10.1. The largest absolute Gasteiger partial charge is 0.489 e. The molecule has 0 radical (unpaired) electrons. The molecule has 7 heteroatoms. The van der Waals surface area contributed by atoms with Crippen LogP contribution in [0.1, 0.15) is 24.4 Å². The van der Waals surface area contributed by atoms with Crippen molar-refractivity contribution in [1.29, 1.82) is 5.26 Å². The average molecular weight is 370 g/mol. The zero-order chi connectivity index (χ0) is 21.2. The first-order valence-electron chi connectivity index (χ1n) is 9.05. The first-order chi connectivity index (χ1) is 13.8. The highest BCUT2D eigenvalue weighted by atomic mass is 19.1. The van der Waals surface area contributed by atoms with Gasteiger partial charge in [-0.3, -0.25) is 4.79 Å². The Morgan fingerprint density at radius 3 is 2.93 bits per heavy atom. The van der Waals surface area contributed by atoms with Crippen molar-refractivity contribution in [3.8, 4) is 11.8 Å². The number of aliphatic hydroxyl groups is 1. The van der Waals surface area contributed by atoms with Crippen LogP contribution in [0.15, 0.2) is 46.9 Å². The minimum absolute atomic E-state index is 0.0552. The SMILES string of the molecule is [2H]C([2H])(Oc1ccc2oc(C)c(C(=O)NC(C#N)CO)c2c1)c1ccccc1F. The number of hydrogen-bond acceptors (Lipinski definition) is 5. The molecule has 0 aliphatic rings. The van der Waals surface area contributed by atoms with Gasteiger partial charge in [-0.05, 0) is 31.2 Å². The molecule has 1 atom stereocenters. The Morgan fingerprint density at radius 1 is 1.44 bits per heavy atom. The van der Waals surface area contributed by atoms with E-state index in [1.54, 1.807) is 13.0 Å². The van der Waals surface area contributed by atoms with Crippen molar-refractivity contribution in [2.75, 3.05) is 6.61 Å². The number of aryl methyl sites for hydroxylation is 1. The predicted octanol–water partition coefficient (Wildman–Crippen LogP) is 3.07. The number of amides is 1. The number of halogens is 1. The van der Waals surface area contributed by atoms with Gasteiger partial charge in [0.2, 0.25) is 0 Å². The number of furan rings is 1. The molecule has 0 bridgehead atoms. The van der Waals surface area contributed by atoms with Gasteiger partial charge in [0.25, 0.3) is 5.91 Å². The maximum absolute atomic E-state index is 14.0. The molecule has 0 spiro atoms. The molecular formula is C20H17FN2O4. The van der Waals surface area contributed by atoms with Crippen LogP contribution in [-0.4, -0.2) is 23.7 Å². The maximum atomic E-state index is 14.0. The van der Waals surface area contributed by atoms with Gasteiger partial charge in [-0.1, -0.05) is 18.2 Å². The lowest BCUT2D eigenvalue weighted by molar-refractivity contribution is 0.0931. The van der Waals surface area contributed by atoms with Crippen LogP contribution in [-0.2, 0) is 6.56 Å². The molecule has 0 saturated carbocycles. The third-order valence-electron chi connectivity index (χ3n) is 3.86. The summed E-state index contributed by atoms with van der Waals surface area (Å²) in [6.45, 7) is -1.44. The van der Waals surface area contributed by atoms with Crippen molar-refractivity contribution in [2.24, 2.45) is 0 Å². The molecule has 6 nitrogen and oxygen atoms in total. The zero-order valence-electron chi connectivity index (χ0n) is 16.3. The summed E-state index contributed by atoms with van der Waals surface area (Å²) >= 11 is 0. The molecule has 1 heterocycles. The molecule has 0 fully saturated rings. The van der Waals surface area contributed by atoms with Crippen LogP contribution in [0.25, 0.3) is 11.0 Å². The van der Waals surface area contributed by atoms with Crippen LogP contribution in [0.3, 0.4) is 0 Å². The van der Waals surface area contributed by atoms with Crippen molar-refractivity contribution in [1.82, 2.24) is 5.32 Å². The first-order valence-corrected chi connectivity index (χ1v) is 8.05. The van der Waals surface area contributed by atoms with Crippen LogP contribution < -0.4 is 10.1 Å². The van der Waals surface area contributed by atoms with E-state index >= 15 is 0 Å². The molecule has 3 rings (SSSR count). The molecule has 2 N–H and O–H groups in total. The van der Waals surface area contributed by atoms with E-state index in [2.05, 4.69) is 5.32 Å². The Kier molecular flexibility index (Phi) is 4.63. The number of carbonyl (C=O) groups is 1. The summed E-state index contributed by atoms with van der Waals surface area (Å²) in [5, 5.41) is 20.7. The lowest BCUT2D eigenvalue weighted by Crippen LogP contribution is -2.36. The smallest absolute Gasteiger partial charge is 0.256 e. The normalized spacial score (nSPS) is 13.4. The Hall–Kier alpha value is -3.37. The molecule has 3 aromatic rings. The van der Waals surface area contributed by atoms with Gasteiger partial charge in [0.1, 0.15) is 35.5 Å². The van der Waals surface area contributed by atoms with Gasteiger partial charge in [-0.15, -0.1) is 0 Å². The minimum Gasteiger partial charge on any atom is -0.489 e. The molecule has 1 unspecified atom stereocenters. The molecule has 138 valence electrons. The molecule has 1 aromatic heterocycles. The number of nitrogens with one attached hydrogen (secondary N) is 1. The number of ether oxygens (including phenoxy) is 1. The van der Waals surface area contributed by atoms with Gasteiger partial charge in [0.15, 0.2) is 0 Å². The number of nitrogens with zero attached hydrogens (tertiary/aromatic N) is 1. The van der Waals surface area contributed by atoms with Crippen molar-refractivity contribution in [2.45, 2.75) is 19.5 Å². The number of hydrogen-bond donors (Lipinski definition) is 2. The molecule has 27 heavy (non-hydrogen) atoms. The summed E-state index contributed by atoms with van der Waals surface area (Å²) in [6.07, 6.45) is 0. The third-order valence-corrected chi connectivity index (χ3v) is 3.86. The molecular weight excluding hydrogens is 351 g/mol. The van der Waals surface area contributed by atoms with Gasteiger partial charge in [0.05, 0.1) is 21.0 Å². The second-order valence-corrected chi connectivity index (χ2v) is 5.71. The Bertz CT molecular complexity index is 1110. The van der Waals surface area contributed by atoms with Crippen molar-refractivity contribution >= 4 is 16.9 Å². The topological polar surface area (TPSA) is 95.5 Å². The Labute approximate surface area is 157 Å². The van der Waals surface area contributed by atoms with Gasteiger partial charge in [-0.2, -0.15) is 5.26 Å². The second-order valence-electron chi connectivity index (χ2n) is 5.71. The van der Waals surface area contributed by atoms with Gasteiger partial charge >= 0.3 is 0 Å². The van der Waals surface area contributed by atoms with Gasteiger partial charge in [0, 0.05) is 10.9 Å². The average Bonchev–Trinajstić information content (AvgIpc) is 3.01. The van der Waals surface area contributed by atoms with E-state index in [-0.39, 0.29) is 22.6 Å². The summed E-state index contributed by atoms with van der Waals surface area (Å²) < 4.78 is 41.0. The van der Waals surface area contributed by atoms with E-state index in [1.807, 2.05) is 0 Å². The zero-order valence-corrected chi connectivity index (χ0v) is 14.3. The fourth-order valence-corrected chi connectivity index (χ4v) is 2.55. The number of aliphatic hydroxyl groups excluding tert-OH is 1. The summed E-state index contributed by atoms with van der Waals surface area (Å²) in [4.78, 5) is 12.5. The molecule has 0 aliphatic carbocycles. The van der Waals surface area contributed by atoms with Crippen molar-refractivity contribution in [3.05, 3.63) is 65.2 Å². The van der Waals surface area contributed by atoms with E-state index < -0.39 is 30.9 Å². The number of rotatable bonds is 6. The maximum Gasteiger partial charge on any atom is 0.256 e. The van der Waals surface area contributed by atoms with Crippen molar-refractivity contribution < 1.29 is 26.2 Å².